The molecule has 1 atom stereocenters. The molecule has 0 amide bonds. The number of likely N-dealkylation sites (tertiary alicyclic amines) is 1. The quantitative estimate of drug-likeness (QED) is 0.422. The molecule has 4 nitrogen and oxygen atoms in total. The Bertz CT molecular complexity index is 245. The average molecular weight is 268 g/mol. The van der Waals surface area contributed by atoms with E-state index in [-0.39, 0.29) is 0 Å². The molecule has 1 saturated heterocycles. The van der Waals surface area contributed by atoms with E-state index in [0.717, 1.165) is 31.6 Å². The summed E-state index contributed by atoms with van der Waals surface area (Å²) in [6.45, 7) is 11.9. The van der Waals surface area contributed by atoms with Crippen molar-refractivity contribution in [3.05, 3.63) is 0 Å². The number of hydrogen-bond donors (Lipinski definition) is 2. The molecule has 0 radical (unpaired) electrons. The minimum atomic E-state index is 0.788. The first-order chi connectivity index (χ1) is 9.27. The summed E-state index contributed by atoms with van der Waals surface area (Å²) >= 11 is 0. The van der Waals surface area contributed by atoms with Crippen molar-refractivity contribution in [3.8, 4) is 0 Å². The van der Waals surface area contributed by atoms with Gasteiger partial charge in [0.1, 0.15) is 0 Å². The highest BCUT2D eigenvalue weighted by Crippen LogP contribution is 2.16. The van der Waals surface area contributed by atoms with Gasteiger partial charge in [-0.3, -0.25) is 4.99 Å². The van der Waals surface area contributed by atoms with Gasteiger partial charge in [0, 0.05) is 25.7 Å². The van der Waals surface area contributed by atoms with Crippen molar-refractivity contribution in [1.29, 1.82) is 0 Å². The fourth-order valence-electron chi connectivity index (χ4n) is 2.62. The third-order valence-corrected chi connectivity index (χ3v) is 3.75. The van der Waals surface area contributed by atoms with Crippen LogP contribution < -0.4 is 10.6 Å². The Morgan fingerprint density at radius 2 is 1.89 bits per heavy atom. The SMILES string of the molecule is CCNC(=NCCCCN1CCCCC1C)NCC. The van der Waals surface area contributed by atoms with Crippen molar-refractivity contribution in [2.45, 2.75) is 58.9 Å². The Labute approximate surface area is 119 Å². The molecule has 0 aromatic carbocycles. The topological polar surface area (TPSA) is 39.7 Å². The number of guanidine groups is 1. The fraction of sp³-hybridized carbons (Fsp3) is 0.933. The van der Waals surface area contributed by atoms with Gasteiger partial charge in [-0.1, -0.05) is 6.42 Å². The first-order valence-electron chi connectivity index (χ1n) is 8.04. The summed E-state index contributed by atoms with van der Waals surface area (Å²) in [4.78, 5) is 7.22. The summed E-state index contributed by atoms with van der Waals surface area (Å²) in [6, 6.07) is 0.788. The normalized spacial score (nSPS) is 20.1. The summed E-state index contributed by atoms with van der Waals surface area (Å²) in [5.74, 6) is 0.955. The summed E-state index contributed by atoms with van der Waals surface area (Å²) < 4.78 is 0. The van der Waals surface area contributed by atoms with E-state index in [1.54, 1.807) is 0 Å². The van der Waals surface area contributed by atoms with Crippen LogP contribution in [-0.2, 0) is 0 Å². The van der Waals surface area contributed by atoms with Crippen LogP contribution in [0.3, 0.4) is 0 Å². The molecule has 19 heavy (non-hydrogen) atoms. The van der Waals surface area contributed by atoms with Crippen LogP contribution in [0.4, 0.5) is 0 Å². The number of piperidine rings is 1. The molecule has 0 spiro atoms. The van der Waals surface area contributed by atoms with E-state index in [9.17, 15) is 0 Å². The highest BCUT2D eigenvalue weighted by Gasteiger charge is 2.16. The second kappa shape index (κ2) is 10.1. The van der Waals surface area contributed by atoms with Crippen molar-refractivity contribution in [2.75, 3.05) is 32.7 Å². The lowest BCUT2D eigenvalue weighted by molar-refractivity contribution is 0.158. The largest absolute Gasteiger partial charge is 0.357 e. The Balaban J connectivity index is 2.13. The maximum Gasteiger partial charge on any atom is 0.191 e. The third-order valence-electron chi connectivity index (χ3n) is 3.75. The first kappa shape index (κ1) is 16.3. The van der Waals surface area contributed by atoms with E-state index in [2.05, 4.69) is 41.3 Å². The zero-order valence-corrected chi connectivity index (χ0v) is 13.0. The minimum Gasteiger partial charge on any atom is -0.357 e. The molecule has 0 bridgehead atoms. The molecule has 1 rings (SSSR count). The summed E-state index contributed by atoms with van der Waals surface area (Å²) in [6.07, 6.45) is 6.62. The van der Waals surface area contributed by atoms with E-state index >= 15 is 0 Å². The molecule has 1 unspecified atom stereocenters. The van der Waals surface area contributed by atoms with Crippen LogP contribution in [0.2, 0.25) is 0 Å². The molecule has 0 aromatic heterocycles. The van der Waals surface area contributed by atoms with Gasteiger partial charge in [-0.2, -0.15) is 0 Å². The van der Waals surface area contributed by atoms with Gasteiger partial charge < -0.3 is 15.5 Å². The number of unbranched alkanes of at least 4 members (excludes halogenated alkanes) is 1. The van der Waals surface area contributed by atoms with Gasteiger partial charge in [-0.25, -0.2) is 0 Å². The van der Waals surface area contributed by atoms with Gasteiger partial charge in [0.05, 0.1) is 0 Å². The number of nitrogens with zero attached hydrogens (tertiary/aromatic N) is 2. The predicted molar refractivity (Wildman–Crippen MR) is 83.8 cm³/mol. The number of nitrogens with one attached hydrogen (secondary N) is 2. The van der Waals surface area contributed by atoms with E-state index in [4.69, 9.17) is 0 Å². The first-order valence-corrected chi connectivity index (χ1v) is 8.04. The lowest BCUT2D eigenvalue weighted by Gasteiger charge is -2.33. The van der Waals surface area contributed by atoms with E-state index in [1.165, 1.54) is 45.2 Å². The van der Waals surface area contributed by atoms with Crippen molar-refractivity contribution in [1.82, 2.24) is 15.5 Å². The molecule has 4 heteroatoms. The molecule has 0 aliphatic carbocycles. The zero-order chi connectivity index (χ0) is 13.9. The summed E-state index contributed by atoms with van der Waals surface area (Å²) in [7, 11) is 0. The van der Waals surface area contributed by atoms with Crippen molar-refractivity contribution < 1.29 is 0 Å². The maximum atomic E-state index is 4.58. The number of hydrogen-bond acceptors (Lipinski definition) is 2. The van der Waals surface area contributed by atoms with Gasteiger partial charge in [-0.15, -0.1) is 0 Å². The van der Waals surface area contributed by atoms with Crippen LogP contribution in [0, 0.1) is 0 Å². The van der Waals surface area contributed by atoms with Crippen molar-refractivity contribution in [2.24, 2.45) is 4.99 Å². The van der Waals surface area contributed by atoms with Gasteiger partial charge in [0.2, 0.25) is 0 Å². The summed E-state index contributed by atoms with van der Waals surface area (Å²) in [5.41, 5.74) is 0. The lowest BCUT2D eigenvalue weighted by atomic mass is 10.0. The average Bonchev–Trinajstić information content (AvgIpc) is 2.41. The van der Waals surface area contributed by atoms with Crippen LogP contribution in [0.5, 0.6) is 0 Å². The molecular weight excluding hydrogens is 236 g/mol. The Morgan fingerprint density at radius 1 is 1.16 bits per heavy atom. The van der Waals surface area contributed by atoms with Gasteiger partial charge >= 0.3 is 0 Å². The van der Waals surface area contributed by atoms with Crippen LogP contribution in [0.15, 0.2) is 4.99 Å². The van der Waals surface area contributed by atoms with Crippen molar-refractivity contribution >= 4 is 5.96 Å². The highest BCUT2D eigenvalue weighted by atomic mass is 15.2. The standard InChI is InChI=1S/C15H32N4/c1-4-16-15(17-5-2)18-11-7-9-13-19-12-8-6-10-14(19)3/h14H,4-13H2,1-3H3,(H2,16,17,18). The minimum absolute atomic E-state index is 0.788. The molecular formula is C15H32N4. The lowest BCUT2D eigenvalue weighted by Crippen LogP contribution is -2.38. The Kier molecular flexibility index (Phi) is 8.63. The maximum absolute atomic E-state index is 4.58. The van der Waals surface area contributed by atoms with E-state index < -0.39 is 0 Å². The van der Waals surface area contributed by atoms with Crippen LogP contribution >= 0.6 is 0 Å². The molecule has 2 N–H and O–H groups in total. The molecule has 112 valence electrons. The number of rotatable bonds is 7. The molecule has 1 aliphatic heterocycles. The van der Waals surface area contributed by atoms with Crippen LogP contribution in [0.25, 0.3) is 0 Å². The summed E-state index contributed by atoms with van der Waals surface area (Å²) in [5, 5.41) is 6.52. The predicted octanol–water partition coefficient (Wildman–Crippen LogP) is 2.22. The second-order valence-electron chi connectivity index (χ2n) is 5.38. The molecule has 1 heterocycles. The molecule has 1 aliphatic rings. The smallest absolute Gasteiger partial charge is 0.191 e. The van der Waals surface area contributed by atoms with Crippen LogP contribution in [0.1, 0.15) is 52.9 Å². The van der Waals surface area contributed by atoms with Crippen LogP contribution in [-0.4, -0.2) is 49.6 Å². The third kappa shape index (κ3) is 6.81. The van der Waals surface area contributed by atoms with E-state index in [1.807, 2.05) is 0 Å². The Hall–Kier alpha value is -0.770. The monoisotopic (exact) mass is 268 g/mol. The van der Waals surface area contributed by atoms with Crippen molar-refractivity contribution in [3.63, 3.8) is 0 Å². The van der Waals surface area contributed by atoms with Gasteiger partial charge in [0.25, 0.3) is 0 Å². The van der Waals surface area contributed by atoms with E-state index in [0.29, 0.717) is 0 Å². The molecule has 1 fully saturated rings. The second-order valence-corrected chi connectivity index (χ2v) is 5.38. The highest BCUT2D eigenvalue weighted by molar-refractivity contribution is 5.79. The fourth-order valence-corrected chi connectivity index (χ4v) is 2.62. The Morgan fingerprint density at radius 3 is 2.53 bits per heavy atom. The molecule has 0 saturated carbocycles. The zero-order valence-electron chi connectivity index (χ0n) is 13.0. The molecule has 0 aromatic rings. The van der Waals surface area contributed by atoms with Gasteiger partial charge in [0.15, 0.2) is 5.96 Å². The van der Waals surface area contributed by atoms with Gasteiger partial charge in [-0.05, 0) is 59.5 Å². The number of aliphatic imine (C=N–C) groups is 1.